The molecule has 2 aromatic heterocycles. The largest absolute Gasteiger partial charge is 0.381 e. The number of fused-ring (bicyclic) bond motifs is 1. The molecular weight excluding hydrogens is 214 g/mol. The number of halogens is 1. The monoisotopic (exact) mass is 223 g/mol. The molecule has 3 heterocycles. The van der Waals surface area contributed by atoms with Crippen molar-refractivity contribution in [3.05, 3.63) is 29.2 Å². The fourth-order valence-electron chi connectivity index (χ4n) is 1.79. The van der Waals surface area contributed by atoms with Gasteiger partial charge in [0.2, 0.25) is 0 Å². The van der Waals surface area contributed by atoms with Crippen LogP contribution in [0, 0.1) is 0 Å². The van der Waals surface area contributed by atoms with Crippen LogP contribution in [-0.4, -0.2) is 27.8 Å². The van der Waals surface area contributed by atoms with Crippen LogP contribution in [0.5, 0.6) is 0 Å². The lowest BCUT2D eigenvalue weighted by Crippen LogP contribution is -2.00. The lowest BCUT2D eigenvalue weighted by molar-refractivity contribution is 0.193. The minimum atomic E-state index is 0.337. The summed E-state index contributed by atoms with van der Waals surface area (Å²) in [4.78, 5) is 4.44. The molecule has 0 aromatic carbocycles. The van der Waals surface area contributed by atoms with Gasteiger partial charge in [0.1, 0.15) is 0 Å². The zero-order chi connectivity index (χ0) is 10.3. The van der Waals surface area contributed by atoms with E-state index in [-0.39, 0.29) is 0 Å². The van der Waals surface area contributed by atoms with Crippen molar-refractivity contribution in [1.29, 1.82) is 0 Å². The van der Waals surface area contributed by atoms with Crippen molar-refractivity contribution in [2.45, 2.75) is 12.3 Å². The molecule has 0 bridgehead atoms. The average molecular weight is 224 g/mol. The zero-order valence-corrected chi connectivity index (χ0v) is 8.81. The first-order valence-corrected chi connectivity index (χ1v) is 5.30. The van der Waals surface area contributed by atoms with Crippen LogP contribution in [0.2, 0.25) is 5.02 Å². The van der Waals surface area contributed by atoms with Crippen molar-refractivity contribution in [3.8, 4) is 0 Å². The molecule has 0 radical (unpaired) electrons. The van der Waals surface area contributed by atoms with E-state index in [0.717, 1.165) is 31.1 Å². The Morgan fingerprint density at radius 2 is 2.47 bits per heavy atom. The van der Waals surface area contributed by atoms with E-state index in [9.17, 15) is 0 Å². The second-order valence-electron chi connectivity index (χ2n) is 3.68. The lowest BCUT2D eigenvalue weighted by Gasteiger charge is -1.98. The normalized spacial score (nSPS) is 21.3. The molecule has 0 aliphatic carbocycles. The van der Waals surface area contributed by atoms with Crippen LogP contribution in [0.4, 0.5) is 0 Å². The maximum Gasteiger partial charge on any atom is 0.157 e. The van der Waals surface area contributed by atoms with Crippen LogP contribution in [0.15, 0.2) is 18.3 Å². The number of ether oxygens (including phenoxy) is 1. The molecule has 1 aliphatic heterocycles. The Morgan fingerprint density at radius 1 is 1.53 bits per heavy atom. The molecule has 15 heavy (non-hydrogen) atoms. The summed E-state index contributed by atoms with van der Waals surface area (Å²) in [5.74, 6) is 1.19. The average Bonchev–Trinajstić information content (AvgIpc) is 2.84. The van der Waals surface area contributed by atoms with Gasteiger partial charge in [0.05, 0.1) is 6.61 Å². The summed E-state index contributed by atoms with van der Waals surface area (Å²) in [5.41, 5.74) is 0.796. The van der Waals surface area contributed by atoms with E-state index in [1.165, 1.54) is 0 Å². The van der Waals surface area contributed by atoms with E-state index in [1.54, 1.807) is 10.6 Å². The molecule has 3 rings (SSSR count). The highest BCUT2D eigenvalue weighted by atomic mass is 35.5. The van der Waals surface area contributed by atoms with Crippen LogP contribution >= 0.6 is 11.6 Å². The molecule has 2 aromatic rings. The fourth-order valence-corrected chi connectivity index (χ4v) is 1.94. The number of pyridine rings is 1. The molecule has 1 fully saturated rings. The van der Waals surface area contributed by atoms with Gasteiger partial charge in [-0.3, -0.25) is 0 Å². The van der Waals surface area contributed by atoms with Crippen LogP contribution in [0.25, 0.3) is 5.65 Å². The van der Waals surface area contributed by atoms with Crippen LogP contribution < -0.4 is 0 Å². The molecule has 1 unspecified atom stereocenters. The van der Waals surface area contributed by atoms with Gasteiger partial charge in [-0.15, -0.1) is 0 Å². The van der Waals surface area contributed by atoms with Gasteiger partial charge in [0, 0.05) is 29.8 Å². The van der Waals surface area contributed by atoms with E-state index in [4.69, 9.17) is 16.3 Å². The molecule has 1 atom stereocenters. The number of rotatable bonds is 1. The molecule has 78 valence electrons. The molecular formula is C10H10ClN3O. The van der Waals surface area contributed by atoms with E-state index in [1.807, 2.05) is 12.3 Å². The molecule has 5 heteroatoms. The molecule has 0 N–H and O–H groups in total. The molecule has 0 saturated carbocycles. The van der Waals surface area contributed by atoms with Crippen LogP contribution in [0.1, 0.15) is 18.2 Å². The first-order valence-electron chi connectivity index (χ1n) is 4.92. The number of aromatic nitrogens is 3. The third-order valence-corrected chi connectivity index (χ3v) is 2.85. The van der Waals surface area contributed by atoms with Crippen molar-refractivity contribution >= 4 is 17.2 Å². The van der Waals surface area contributed by atoms with Crippen molar-refractivity contribution in [2.75, 3.05) is 13.2 Å². The second kappa shape index (κ2) is 3.47. The topological polar surface area (TPSA) is 39.4 Å². The van der Waals surface area contributed by atoms with Gasteiger partial charge in [-0.25, -0.2) is 9.50 Å². The Hall–Kier alpha value is -1.13. The summed E-state index contributed by atoms with van der Waals surface area (Å²) in [6.45, 7) is 1.53. The molecule has 0 amide bonds. The minimum absolute atomic E-state index is 0.337. The van der Waals surface area contributed by atoms with Gasteiger partial charge in [0.15, 0.2) is 11.5 Å². The smallest absolute Gasteiger partial charge is 0.157 e. The van der Waals surface area contributed by atoms with Crippen molar-refractivity contribution < 1.29 is 4.74 Å². The quantitative estimate of drug-likeness (QED) is 0.741. The van der Waals surface area contributed by atoms with Gasteiger partial charge in [-0.1, -0.05) is 11.6 Å². The van der Waals surface area contributed by atoms with Gasteiger partial charge >= 0.3 is 0 Å². The third kappa shape index (κ3) is 1.60. The van der Waals surface area contributed by atoms with Crippen molar-refractivity contribution in [2.24, 2.45) is 0 Å². The Labute approximate surface area is 91.8 Å². The van der Waals surface area contributed by atoms with E-state index < -0.39 is 0 Å². The Bertz CT molecular complexity index is 490. The van der Waals surface area contributed by atoms with Gasteiger partial charge in [-0.2, -0.15) is 5.10 Å². The Morgan fingerprint density at radius 3 is 3.27 bits per heavy atom. The maximum atomic E-state index is 5.88. The van der Waals surface area contributed by atoms with E-state index >= 15 is 0 Å². The SMILES string of the molecule is Clc1ccn2nc(C3CCOC3)nc2c1. The first-order chi connectivity index (χ1) is 7.33. The first kappa shape index (κ1) is 9.12. The number of nitrogens with zero attached hydrogens (tertiary/aromatic N) is 3. The van der Waals surface area contributed by atoms with E-state index in [0.29, 0.717) is 10.9 Å². The summed E-state index contributed by atoms with van der Waals surface area (Å²) < 4.78 is 7.07. The molecule has 0 spiro atoms. The van der Waals surface area contributed by atoms with Crippen LogP contribution in [-0.2, 0) is 4.74 Å². The standard InChI is InChI=1S/C10H10ClN3O/c11-8-1-3-14-9(5-8)12-10(13-14)7-2-4-15-6-7/h1,3,5,7H,2,4,6H2. The van der Waals surface area contributed by atoms with Crippen LogP contribution in [0.3, 0.4) is 0 Å². The Balaban J connectivity index is 2.05. The molecule has 1 aliphatic rings. The Kier molecular flexibility index (Phi) is 2.11. The summed E-state index contributed by atoms with van der Waals surface area (Å²) in [5, 5.41) is 5.09. The molecule has 4 nitrogen and oxygen atoms in total. The fraction of sp³-hybridized carbons (Fsp3) is 0.400. The lowest BCUT2D eigenvalue weighted by atomic mass is 10.1. The number of hydrogen-bond acceptors (Lipinski definition) is 3. The molecule has 1 saturated heterocycles. The second-order valence-corrected chi connectivity index (χ2v) is 4.11. The summed E-state index contributed by atoms with van der Waals surface area (Å²) in [6, 6.07) is 3.62. The minimum Gasteiger partial charge on any atom is -0.381 e. The summed E-state index contributed by atoms with van der Waals surface area (Å²) >= 11 is 5.88. The zero-order valence-electron chi connectivity index (χ0n) is 8.06. The highest BCUT2D eigenvalue weighted by Crippen LogP contribution is 2.23. The number of hydrogen-bond donors (Lipinski definition) is 0. The highest BCUT2D eigenvalue weighted by Gasteiger charge is 2.21. The van der Waals surface area contributed by atoms with E-state index in [2.05, 4.69) is 10.1 Å². The summed E-state index contributed by atoms with van der Waals surface area (Å²) in [7, 11) is 0. The maximum absolute atomic E-state index is 5.88. The van der Waals surface area contributed by atoms with Crippen molar-refractivity contribution in [1.82, 2.24) is 14.6 Å². The predicted octanol–water partition coefficient (Wildman–Crippen LogP) is 1.89. The third-order valence-electron chi connectivity index (χ3n) is 2.61. The van der Waals surface area contributed by atoms with Crippen molar-refractivity contribution in [3.63, 3.8) is 0 Å². The summed E-state index contributed by atoms with van der Waals surface area (Å²) in [6.07, 6.45) is 2.83. The van der Waals surface area contributed by atoms with Gasteiger partial charge in [-0.05, 0) is 12.5 Å². The highest BCUT2D eigenvalue weighted by molar-refractivity contribution is 6.30. The van der Waals surface area contributed by atoms with Gasteiger partial charge in [0.25, 0.3) is 0 Å². The van der Waals surface area contributed by atoms with Gasteiger partial charge < -0.3 is 4.74 Å². The predicted molar refractivity (Wildman–Crippen MR) is 56.2 cm³/mol.